The molecule has 0 radical (unpaired) electrons. The van der Waals surface area contributed by atoms with Crippen LogP contribution in [0.25, 0.3) is 0 Å². The van der Waals surface area contributed by atoms with Crippen molar-refractivity contribution >= 4 is 33.2 Å². The van der Waals surface area contributed by atoms with Crippen molar-refractivity contribution in [3.63, 3.8) is 0 Å². The van der Waals surface area contributed by atoms with Gasteiger partial charge < -0.3 is 10.2 Å². The molecule has 0 aromatic heterocycles. The van der Waals surface area contributed by atoms with E-state index in [0.717, 1.165) is 15.2 Å². The first kappa shape index (κ1) is 14.2. The Kier molecular flexibility index (Phi) is 5.34. The number of likely N-dealkylation sites (tertiary alicyclic amines) is 1. The third-order valence-electron chi connectivity index (χ3n) is 3.56. The molecule has 2 nitrogen and oxygen atoms in total. The molecule has 0 amide bonds. The second-order valence-corrected chi connectivity index (χ2v) is 6.10. The molecule has 1 atom stereocenters. The van der Waals surface area contributed by atoms with Crippen molar-refractivity contribution in [2.75, 3.05) is 25.0 Å². The summed E-state index contributed by atoms with van der Waals surface area (Å²) in [6.07, 6.45) is 3.74. The van der Waals surface area contributed by atoms with Crippen molar-refractivity contribution in [3.05, 3.63) is 27.7 Å². The van der Waals surface area contributed by atoms with Crippen LogP contribution in [-0.2, 0) is 0 Å². The predicted octanol–water partition coefficient (Wildman–Crippen LogP) is 4.39. The highest BCUT2D eigenvalue weighted by Gasteiger charge is 2.15. The van der Waals surface area contributed by atoms with Gasteiger partial charge in [-0.05, 0) is 66.5 Å². The molecule has 0 saturated carbocycles. The fraction of sp³-hybridized carbons (Fsp3) is 0.571. The van der Waals surface area contributed by atoms with Crippen molar-refractivity contribution in [1.29, 1.82) is 0 Å². The molecule has 1 aromatic rings. The fourth-order valence-corrected chi connectivity index (χ4v) is 2.93. The maximum Gasteiger partial charge on any atom is 0.0549 e. The van der Waals surface area contributed by atoms with Gasteiger partial charge in [-0.1, -0.05) is 18.5 Å². The van der Waals surface area contributed by atoms with Gasteiger partial charge in [0.15, 0.2) is 0 Å². The van der Waals surface area contributed by atoms with Crippen LogP contribution in [0.4, 0.5) is 5.69 Å². The second kappa shape index (κ2) is 6.78. The Balaban J connectivity index is 1.94. The van der Waals surface area contributed by atoms with E-state index in [9.17, 15) is 0 Å². The second-order valence-electron chi connectivity index (χ2n) is 4.84. The molecule has 100 valence electrons. The number of nitrogens with one attached hydrogen (secondary N) is 1. The summed E-state index contributed by atoms with van der Waals surface area (Å²) in [5, 5.41) is 4.38. The van der Waals surface area contributed by atoms with Gasteiger partial charge in [-0.2, -0.15) is 0 Å². The summed E-state index contributed by atoms with van der Waals surface area (Å²) in [6.45, 7) is 5.84. The van der Waals surface area contributed by atoms with Crippen molar-refractivity contribution in [3.8, 4) is 0 Å². The number of halogens is 2. The van der Waals surface area contributed by atoms with Gasteiger partial charge in [0.05, 0.1) is 5.02 Å². The topological polar surface area (TPSA) is 15.3 Å². The van der Waals surface area contributed by atoms with Crippen molar-refractivity contribution in [1.82, 2.24) is 4.90 Å². The Hall–Kier alpha value is -0.250. The minimum absolute atomic E-state index is 0.578. The molecule has 0 aliphatic carbocycles. The Morgan fingerprint density at radius 2 is 2.22 bits per heavy atom. The molecule has 1 fully saturated rings. The van der Waals surface area contributed by atoms with E-state index in [2.05, 4.69) is 45.2 Å². The molecular weight excluding hydrogens is 312 g/mol. The van der Waals surface area contributed by atoms with E-state index in [1.807, 2.05) is 6.07 Å². The van der Waals surface area contributed by atoms with Crippen LogP contribution < -0.4 is 5.32 Å². The molecule has 0 spiro atoms. The zero-order valence-electron chi connectivity index (χ0n) is 10.8. The zero-order chi connectivity index (χ0) is 13.0. The smallest absolute Gasteiger partial charge is 0.0549 e. The quantitative estimate of drug-likeness (QED) is 0.883. The molecule has 1 unspecified atom stereocenters. The van der Waals surface area contributed by atoms with Crippen LogP contribution in [0.1, 0.15) is 26.2 Å². The number of nitrogens with zero attached hydrogens (tertiary/aromatic N) is 1. The molecule has 1 saturated heterocycles. The van der Waals surface area contributed by atoms with Gasteiger partial charge in [-0.3, -0.25) is 0 Å². The number of anilines is 1. The first-order valence-corrected chi connectivity index (χ1v) is 7.80. The van der Waals surface area contributed by atoms with Gasteiger partial charge in [-0.25, -0.2) is 0 Å². The van der Waals surface area contributed by atoms with Crippen molar-refractivity contribution < 1.29 is 0 Å². The number of hydrogen-bond donors (Lipinski definition) is 1. The summed E-state index contributed by atoms with van der Waals surface area (Å²) >= 11 is 9.47. The minimum atomic E-state index is 0.578. The van der Waals surface area contributed by atoms with Gasteiger partial charge >= 0.3 is 0 Å². The fourth-order valence-electron chi connectivity index (χ4n) is 2.44. The van der Waals surface area contributed by atoms with Gasteiger partial charge in [0, 0.05) is 22.7 Å². The van der Waals surface area contributed by atoms with E-state index in [-0.39, 0.29) is 0 Å². The van der Waals surface area contributed by atoms with Crippen LogP contribution in [0.15, 0.2) is 22.7 Å². The highest BCUT2D eigenvalue weighted by atomic mass is 79.9. The lowest BCUT2D eigenvalue weighted by atomic mass is 10.1. The molecule has 2 rings (SSSR count). The third-order valence-corrected chi connectivity index (χ3v) is 4.77. The molecule has 1 N–H and O–H groups in total. The first-order chi connectivity index (χ1) is 8.69. The van der Waals surface area contributed by atoms with E-state index in [0.29, 0.717) is 6.04 Å². The summed E-state index contributed by atoms with van der Waals surface area (Å²) in [7, 11) is 0. The van der Waals surface area contributed by atoms with Gasteiger partial charge in [0.1, 0.15) is 0 Å². The lowest BCUT2D eigenvalue weighted by molar-refractivity contribution is 0.300. The standard InChI is InChI=1S/C14H20BrClN2/c1-2-18-8-3-4-11(7-9-18)17-12-5-6-14(16)13(15)10-12/h5-6,10-11,17H,2-4,7-9H2,1H3. The number of benzene rings is 1. The lowest BCUT2D eigenvalue weighted by Crippen LogP contribution is -2.26. The van der Waals surface area contributed by atoms with E-state index in [1.165, 1.54) is 38.9 Å². The maximum atomic E-state index is 6.01. The zero-order valence-corrected chi connectivity index (χ0v) is 13.1. The average Bonchev–Trinajstić information content (AvgIpc) is 2.59. The van der Waals surface area contributed by atoms with E-state index < -0.39 is 0 Å². The Labute approximate surface area is 123 Å². The van der Waals surface area contributed by atoms with Crippen molar-refractivity contribution in [2.45, 2.75) is 32.2 Å². The van der Waals surface area contributed by atoms with Gasteiger partial charge in [0.25, 0.3) is 0 Å². The van der Waals surface area contributed by atoms with Crippen LogP contribution in [0.2, 0.25) is 5.02 Å². The summed E-state index contributed by atoms with van der Waals surface area (Å²) in [5.74, 6) is 0. The van der Waals surface area contributed by atoms with E-state index >= 15 is 0 Å². The summed E-state index contributed by atoms with van der Waals surface area (Å²) in [6, 6.07) is 6.62. The van der Waals surface area contributed by atoms with Gasteiger partial charge in [0.2, 0.25) is 0 Å². The van der Waals surface area contributed by atoms with Crippen LogP contribution in [0.3, 0.4) is 0 Å². The number of rotatable bonds is 3. The molecule has 18 heavy (non-hydrogen) atoms. The summed E-state index contributed by atoms with van der Waals surface area (Å²) in [5.41, 5.74) is 1.15. The van der Waals surface area contributed by atoms with Gasteiger partial charge in [-0.15, -0.1) is 0 Å². The SMILES string of the molecule is CCN1CCCC(Nc2ccc(Cl)c(Br)c2)CC1. The largest absolute Gasteiger partial charge is 0.382 e. The van der Waals surface area contributed by atoms with Crippen LogP contribution in [0.5, 0.6) is 0 Å². The lowest BCUT2D eigenvalue weighted by Gasteiger charge is -2.19. The van der Waals surface area contributed by atoms with Crippen LogP contribution in [0, 0.1) is 0 Å². The molecule has 1 aliphatic rings. The average molecular weight is 332 g/mol. The van der Waals surface area contributed by atoms with Crippen molar-refractivity contribution in [2.24, 2.45) is 0 Å². The third kappa shape index (κ3) is 3.87. The minimum Gasteiger partial charge on any atom is -0.382 e. The highest BCUT2D eigenvalue weighted by Crippen LogP contribution is 2.26. The van der Waals surface area contributed by atoms with Crippen LogP contribution >= 0.6 is 27.5 Å². The Morgan fingerprint density at radius 3 is 2.94 bits per heavy atom. The molecule has 0 bridgehead atoms. The molecule has 1 aromatic carbocycles. The monoisotopic (exact) mass is 330 g/mol. The molecule has 1 aliphatic heterocycles. The van der Waals surface area contributed by atoms with E-state index in [4.69, 9.17) is 11.6 Å². The normalized spacial score (nSPS) is 21.6. The Bertz CT molecular complexity index is 397. The predicted molar refractivity (Wildman–Crippen MR) is 82.5 cm³/mol. The highest BCUT2D eigenvalue weighted by molar-refractivity contribution is 9.10. The summed E-state index contributed by atoms with van der Waals surface area (Å²) in [4.78, 5) is 2.53. The first-order valence-electron chi connectivity index (χ1n) is 6.63. The maximum absolute atomic E-state index is 6.01. The van der Waals surface area contributed by atoms with Crippen LogP contribution in [-0.4, -0.2) is 30.6 Å². The molecule has 4 heteroatoms. The summed E-state index contributed by atoms with van der Waals surface area (Å²) < 4.78 is 0.956. The molecule has 1 heterocycles. The van der Waals surface area contributed by atoms with E-state index in [1.54, 1.807) is 0 Å². The molecular formula is C14H20BrClN2. The Morgan fingerprint density at radius 1 is 1.39 bits per heavy atom. The number of hydrogen-bond acceptors (Lipinski definition) is 2.